The van der Waals surface area contributed by atoms with Gasteiger partial charge in [0.25, 0.3) is 0 Å². The van der Waals surface area contributed by atoms with E-state index in [4.69, 9.17) is 16.3 Å². The number of hydrogen-bond acceptors (Lipinski definition) is 5. The standard InChI is InChI=1S/C17H12Br2ClN3O2/c1-9-4-12(20)3-2-10(9)8-25-17-21-7-15(22-23-17)11-5-13(18)16(24)14(19)6-11/h2-7,24H,8H2,1H3. The highest BCUT2D eigenvalue weighted by Gasteiger charge is 2.10. The summed E-state index contributed by atoms with van der Waals surface area (Å²) < 4.78 is 6.69. The minimum atomic E-state index is 0.128. The van der Waals surface area contributed by atoms with Gasteiger partial charge < -0.3 is 9.84 Å². The van der Waals surface area contributed by atoms with E-state index in [-0.39, 0.29) is 11.8 Å². The fourth-order valence-electron chi connectivity index (χ4n) is 2.14. The molecule has 0 aliphatic heterocycles. The van der Waals surface area contributed by atoms with Crippen LogP contribution < -0.4 is 4.74 Å². The van der Waals surface area contributed by atoms with Crippen molar-refractivity contribution in [2.75, 3.05) is 0 Å². The molecule has 3 rings (SSSR count). The molecule has 0 aliphatic rings. The third-order valence-corrected chi connectivity index (χ3v) is 4.96. The first kappa shape index (κ1) is 18.1. The van der Waals surface area contributed by atoms with Crippen LogP contribution in [0.3, 0.4) is 0 Å². The van der Waals surface area contributed by atoms with E-state index in [2.05, 4.69) is 47.0 Å². The lowest BCUT2D eigenvalue weighted by Crippen LogP contribution is -2.02. The average Bonchev–Trinajstić information content (AvgIpc) is 2.59. The van der Waals surface area contributed by atoms with Crippen LogP contribution in [-0.4, -0.2) is 20.3 Å². The Kier molecular flexibility index (Phi) is 5.56. The number of halogens is 3. The molecule has 0 saturated heterocycles. The van der Waals surface area contributed by atoms with Crippen molar-refractivity contribution in [2.24, 2.45) is 0 Å². The second-order valence-corrected chi connectivity index (χ2v) is 7.42. The monoisotopic (exact) mass is 483 g/mol. The number of phenolic OH excluding ortho intramolecular Hbond substituents is 1. The summed E-state index contributed by atoms with van der Waals surface area (Å²) >= 11 is 12.5. The third-order valence-electron chi connectivity index (χ3n) is 3.51. The van der Waals surface area contributed by atoms with Crippen molar-refractivity contribution in [1.82, 2.24) is 15.2 Å². The van der Waals surface area contributed by atoms with E-state index in [1.54, 1.807) is 18.3 Å². The van der Waals surface area contributed by atoms with Crippen molar-refractivity contribution in [3.63, 3.8) is 0 Å². The summed E-state index contributed by atoms with van der Waals surface area (Å²) in [5.74, 6) is 0.128. The Morgan fingerprint density at radius 3 is 2.44 bits per heavy atom. The molecular formula is C17H12Br2ClN3O2. The van der Waals surface area contributed by atoms with Gasteiger partial charge in [0.05, 0.1) is 15.1 Å². The SMILES string of the molecule is Cc1cc(Cl)ccc1COc1ncc(-c2cc(Br)c(O)c(Br)c2)nn1. The molecule has 128 valence electrons. The minimum Gasteiger partial charge on any atom is -0.506 e. The number of aryl methyl sites for hydroxylation is 1. The summed E-state index contributed by atoms with van der Waals surface area (Å²) in [5.41, 5.74) is 3.37. The maximum Gasteiger partial charge on any atom is 0.336 e. The van der Waals surface area contributed by atoms with Gasteiger partial charge in [-0.25, -0.2) is 4.98 Å². The summed E-state index contributed by atoms with van der Waals surface area (Å²) in [5, 5.41) is 18.6. The molecule has 0 saturated carbocycles. The Hall–Kier alpha value is -1.70. The highest BCUT2D eigenvalue weighted by Crippen LogP contribution is 2.36. The molecule has 0 fully saturated rings. The molecule has 0 amide bonds. The van der Waals surface area contributed by atoms with E-state index in [9.17, 15) is 5.11 Å². The van der Waals surface area contributed by atoms with Crippen LogP contribution in [0.15, 0.2) is 45.5 Å². The van der Waals surface area contributed by atoms with Gasteiger partial charge in [-0.2, -0.15) is 0 Å². The number of aromatic nitrogens is 3. The smallest absolute Gasteiger partial charge is 0.336 e. The van der Waals surface area contributed by atoms with Crippen LogP contribution in [0, 0.1) is 6.92 Å². The van der Waals surface area contributed by atoms with Crippen molar-refractivity contribution >= 4 is 43.5 Å². The molecule has 0 bridgehead atoms. The molecule has 8 heteroatoms. The predicted octanol–water partition coefficient (Wildman–Crippen LogP) is 5.31. The van der Waals surface area contributed by atoms with Gasteiger partial charge in [-0.05, 0) is 74.2 Å². The van der Waals surface area contributed by atoms with Crippen molar-refractivity contribution in [2.45, 2.75) is 13.5 Å². The third kappa shape index (κ3) is 4.29. The Labute approximate surface area is 166 Å². The zero-order valence-corrected chi connectivity index (χ0v) is 16.9. The number of rotatable bonds is 4. The largest absolute Gasteiger partial charge is 0.506 e. The van der Waals surface area contributed by atoms with Gasteiger partial charge in [0.15, 0.2) is 0 Å². The Bertz CT molecular complexity index is 897. The lowest BCUT2D eigenvalue weighted by molar-refractivity contribution is 0.276. The number of aromatic hydroxyl groups is 1. The van der Waals surface area contributed by atoms with E-state index in [0.29, 0.717) is 26.3 Å². The van der Waals surface area contributed by atoms with Crippen molar-refractivity contribution in [3.8, 4) is 23.0 Å². The van der Waals surface area contributed by atoms with Crippen LogP contribution in [-0.2, 0) is 6.61 Å². The van der Waals surface area contributed by atoms with Crippen LogP contribution >= 0.6 is 43.5 Å². The summed E-state index contributed by atoms with van der Waals surface area (Å²) in [6, 6.07) is 9.27. The summed E-state index contributed by atoms with van der Waals surface area (Å²) in [6.07, 6.45) is 1.57. The first-order valence-electron chi connectivity index (χ1n) is 7.20. The quantitative estimate of drug-likeness (QED) is 0.543. The molecule has 1 N–H and O–H groups in total. The van der Waals surface area contributed by atoms with Crippen molar-refractivity contribution < 1.29 is 9.84 Å². The van der Waals surface area contributed by atoms with Gasteiger partial charge >= 0.3 is 6.01 Å². The van der Waals surface area contributed by atoms with Gasteiger partial charge in [-0.3, -0.25) is 0 Å². The molecule has 25 heavy (non-hydrogen) atoms. The summed E-state index contributed by atoms with van der Waals surface area (Å²) in [6.45, 7) is 2.30. The molecule has 3 aromatic rings. The topological polar surface area (TPSA) is 68.1 Å². The number of nitrogens with zero attached hydrogens (tertiary/aromatic N) is 3. The lowest BCUT2D eigenvalue weighted by atomic mass is 10.1. The average molecular weight is 486 g/mol. The number of ether oxygens (including phenoxy) is 1. The maximum absolute atomic E-state index is 9.77. The van der Waals surface area contributed by atoms with Crippen LogP contribution in [0.4, 0.5) is 0 Å². The van der Waals surface area contributed by atoms with E-state index in [1.807, 2.05) is 25.1 Å². The second-order valence-electron chi connectivity index (χ2n) is 5.27. The Morgan fingerprint density at radius 2 is 1.84 bits per heavy atom. The Balaban J connectivity index is 1.74. The molecule has 1 aromatic heterocycles. The maximum atomic E-state index is 9.77. The summed E-state index contributed by atoms with van der Waals surface area (Å²) in [4.78, 5) is 4.18. The molecule has 1 heterocycles. The fraction of sp³-hybridized carbons (Fsp3) is 0.118. The van der Waals surface area contributed by atoms with Crippen LogP contribution in [0.1, 0.15) is 11.1 Å². The normalized spacial score (nSPS) is 10.7. The summed E-state index contributed by atoms with van der Waals surface area (Å²) in [7, 11) is 0. The first-order valence-corrected chi connectivity index (χ1v) is 9.16. The van der Waals surface area contributed by atoms with E-state index in [0.717, 1.165) is 16.7 Å². The van der Waals surface area contributed by atoms with Crippen LogP contribution in [0.5, 0.6) is 11.8 Å². The number of phenols is 1. The number of benzene rings is 2. The molecular weight excluding hydrogens is 473 g/mol. The van der Waals surface area contributed by atoms with Crippen LogP contribution in [0.2, 0.25) is 5.02 Å². The molecule has 0 atom stereocenters. The van der Waals surface area contributed by atoms with E-state index < -0.39 is 0 Å². The predicted molar refractivity (Wildman–Crippen MR) is 103 cm³/mol. The highest BCUT2D eigenvalue weighted by atomic mass is 79.9. The zero-order chi connectivity index (χ0) is 18.0. The fourth-order valence-corrected chi connectivity index (χ4v) is 3.55. The molecule has 0 radical (unpaired) electrons. The van der Waals surface area contributed by atoms with Gasteiger partial charge in [0.1, 0.15) is 18.1 Å². The minimum absolute atomic E-state index is 0.128. The second kappa shape index (κ2) is 7.68. The van der Waals surface area contributed by atoms with Gasteiger partial charge in [-0.1, -0.05) is 22.8 Å². The van der Waals surface area contributed by atoms with E-state index >= 15 is 0 Å². The van der Waals surface area contributed by atoms with Crippen molar-refractivity contribution in [1.29, 1.82) is 0 Å². The lowest BCUT2D eigenvalue weighted by Gasteiger charge is -2.08. The molecule has 5 nitrogen and oxygen atoms in total. The Morgan fingerprint density at radius 1 is 1.12 bits per heavy atom. The van der Waals surface area contributed by atoms with Gasteiger partial charge in [0.2, 0.25) is 0 Å². The zero-order valence-electron chi connectivity index (χ0n) is 13.0. The molecule has 2 aromatic carbocycles. The van der Waals surface area contributed by atoms with E-state index in [1.165, 1.54) is 0 Å². The van der Waals surface area contributed by atoms with Crippen molar-refractivity contribution in [3.05, 3.63) is 61.6 Å². The molecule has 0 spiro atoms. The highest BCUT2D eigenvalue weighted by molar-refractivity contribution is 9.11. The number of hydrogen-bond donors (Lipinski definition) is 1. The molecule has 0 aliphatic carbocycles. The van der Waals surface area contributed by atoms with Gasteiger partial charge in [-0.15, -0.1) is 5.10 Å². The molecule has 0 unspecified atom stereocenters. The van der Waals surface area contributed by atoms with Gasteiger partial charge in [0, 0.05) is 10.6 Å². The first-order chi connectivity index (χ1) is 11.9. The van der Waals surface area contributed by atoms with Crippen LogP contribution in [0.25, 0.3) is 11.3 Å².